The minimum atomic E-state index is -4.95. The van der Waals surface area contributed by atoms with Gasteiger partial charge in [-0.15, -0.1) is 0 Å². The van der Waals surface area contributed by atoms with E-state index in [-0.39, 0.29) is 25.7 Å². The first-order valence-corrected chi connectivity index (χ1v) is 39.8. The third kappa shape index (κ3) is 62.2. The zero-order chi connectivity index (χ0) is 66.8. The molecule has 0 amide bonds. The number of hydrogen-bond acceptors (Lipinski definition) is 15. The van der Waals surface area contributed by atoms with Crippen LogP contribution in [0.1, 0.15) is 351 Å². The van der Waals surface area contributed by atoms with Crippen molar-refractivity contribution in [3.8, 4) is 0 Å². The lowest BCUT2D eigenvalue weighted by Crippen LogP contribution is -2.30. The molecule has 3 N–H and O–H groups in total. The van der Waals surface area contributed by atoms with E-state index in [4.69, 9.17) is 37.0 Å². The molecule has 17 nitrogen and oxygen atoms in total. The Morgan fingerprint density at radius 2 is 0.533 bits per heavy atom. The fraction of sp³-hybridized carbons (Fsp3) is 0.944. The molecule has 0 heterocycles. The van der Waals surface area contributed by atoms with E-state index in [0.29, 0.717) is 31.6 Å². The van der Waals surface area contributed by atoms with E-state index in [0.717, 1.165) is 114 Å². The Kier molecular flexibility index (Phi) is 59.4. The van der Waals surface area contributed by atoms with E-state index in [1.165, 1.54) is 148 Å². The quantitative estimate of drug-likeness (QED) is 0.0222. The third-order valence-electron chi connectivity index (χ3n) is 17.0. The second kappa shape index (κ2) is 60.7. The van der Waals surface area contributed by atoms with Gasteiger partial charge in [-0.05, 0) is 49.4 Å². The largest absolute Gasteiger partial charge is 0.472 e. The topological polar surface area (TPSA) is 237 Å². The third-order valence-corrected chi connectivity index (χ3v) is 18.9. The van der Waals surface area contributed by atoms with Crippen LogP contribution in [0.3, 0.4) is 0 Å². The monoisotopic (exact) mass is 1320 g/mol. The maximum atomic E-state index is 13.0. The van der Waals surface area contributed by atoms with Crippen molar-refractivity contribution in [2.24, 2.45) is 23.7 Å². The average Bonchev–Trinajstić information content (AvgIpc) is 3.68. The lowest BCUT2D eigenvalue weighted by Gasteiger charge is -2.21. The Morgan fingerprint density at radius 1 is 0.311 bits per heavy atom. The van der Waals surface area contributed by atoms with E-state index < -0.39 is 97.5 Å². The maximum Gasteiger partial charge on any atom is 0.472 e. The first kappa shape index (κ1) is 88.1. The van der Waals surface area contributed by atoms with Crippen LogP contribution < -0.4 is 0 Å². The Morgan fingerprint density at radius 3 is 0.789 bits per heavy atom. The Balaban J connectivity index is 5.22. The van der Waals surface area contributed by atoms with Crippen LogP contribution >= 0.6 is 15.6 Å². The van der Waals surface area contributed by atoms with Crippen molar-refractivity contribution < 1.29 is 80.2 Å². The molecule has 0 rings (SSSR count). The predicted octanol–water partition coefficient (Wildman–Crippen LogP) is 20.1. The highest BCUT2D eigenvalue weighted by molar-refractivity contribution is 7.47. The molecule has 0 aliphatic rings. The lowest BCUT2D eigenvalue weighted by molar-refractivity contribution is -0.161. The van der Waals surface area contributed by atoms with Gasteiger partial charge in [0, 0.05) is 25.7 Å². The number of carbonyl (C=O) groups is 4. The lowest BCUT2D eigenvalue weighted by atomic mass is 9.99. The van der Waals surface area contributed by atoms with Crippen molar-refractivity contribution in [3.05, 3.63) is 0 Å². The summed E-state index contributed by atoms with van der Waals surface area (Å²) in [4.78, 5) is 72.5. The smallest absolute Gasteiger partial charge is 0.462 e. The summed E-state index contributed by atoms with van der Waals surface area (Å²) in [5.41, 5.74) is 0. The average molecular weight is 1330 g/mol. The van der Waals surface area contributed by atoms with Crippen LogP contribution in [-0.2, 0) is 65.4 Å². The molecule has 534 valence electrons. The molecule has 0 saturated heterocycles. The van der Waals surface area contributed by atoms with Gasteiger partial charge in [0.25, 0.3) is 0 Å². The first-order valence-electron chi connectivity index (χ1n) is 36.8. The van der Waals surface area contributed by atoms with Crippen molar-refractivity contribution in [1.82, 2.24) is 0 Å². The summed E-state index contributed by atoms with van der Waals surface area (Å²) in [6, 6.07) is 0. The highest BCUT2D eigenvalue weighted by atomic mass is 31.2. The number of unbranched alkanes of at least 4 members (excludes halogenated alkanes) is 32. The molecular formula is C71H138O17P2. The minimum absolute atomic E-state index is 0.102. The molecule has 0 aromatic carbocycles. The highest BCUT2D eigenvalue weighted by Gasteiger charge is 2.30. The summed E-state index contributed by atoms with van der Waals surface area (Å²) in [7, 11) is -9.90. The van der Waals surface area contributed by atoms with Crippen molar-refractivity contribution in [2.45, 2.75) is 369 Å². The van der Waals surface area contributed by atoms with Gasteiger partial charge < -0.3 is 33.8 Å². The highest BCUT2D eigenvalue weighted by Crippen LogP contribution is 2.45. The molecular weight excluding hydrogens is 1190 g/mol. The number of phosphoric ester groups is 2. The number of aliphatic hydroxyl groups is 1. The molecule has 5 unspecified atom stereocenters. The molecule has 0 aliphatic heterocycles. The molecule has 0 saturated carbocycles. The van der Waals surface area contributed by atoms with Crippen molar-refractivity contribution in [3.63, 3.8) is 0 Å². The van der Waals surface area contributed by atoms with Gasteiger partial charge >= 0.3 is 39.5 Å². The van der Waals surface area contributed by atoms with Gasteiger partial charge in [-0.3, -0.25) is 37.3 Å². The van der Waals surface area contributed by atoms with Gasteiger partial charge in [0.15, 0.2) is 12.2 Å². The number of esters is 4. The van der Waals surface area contributed by atoms with Crippen LogP contribution in [0.25, 0.3) is 0 Å². The number of aliphatic hydroxyl groups excluding tert-OH is 1. The van der Waals surface area contributed by atoms with Gasteiger partial charge in [0.2, 0.25) is 0 Å². The van der Waals surface area contributed by atoms with Crippen LogP contribution in [0.5, 0.6) is 0 Å². The number of phosphoric acid groups is 2. The van der Waals surface area contributed by atoms with Gasteiger partial charge in [0.05, 0.1) is 26.4 Å². The number of hydrogen-bond donors (Lipinski definition) is 3. The molecule has 0 aromatic rings. The SMILES string of the molecule is CCC(C)CCCCCCCCCCC(=O)OC[C@H](COP(=O)(O)OCC(O)COP(=O)(O)OC[C@@H](COC(=O)CCCCCCCCCC(C)C)OC(=O)CCCCCCCCCCCCCCCCCC(C)C)OC(=O)CCCCCCCCC(C)CC. The second-order valence-corrected chi connectivity index (χ2v) is 30.0. The van der Waals surface area contributed by atoms with Gasteiger partial charge in [-0.1, -0.05) is 299 Å². The molecule has 90 heavy (non-hydrogen) atoms. The summed E-state index contributed by atoms with van der Waals surface area (Å²) in [5.74, 6) is 0.873. The van der Waals surface area contributed by atoms with Gasteiger partial charge in [-0.25, -0.2) is 9.13 Å². The zero-order valence-electron chi connectivity index (χ0n) is 58.8. The Bertz CT molecular complexity index is 1790. The van der Waals surface area contributed by atoms with Gasteiger partial charge in [0.1, 0.15) is 19.3 Å². The molecule has 0 radical (unpaired) electrons. The molecule has 0 aromatic heterocycles. The molecule has 0 fully saturated rings. The predicted molar refractivity (Wildman–Crippen MR) is 363 cm³/mol. The standard InChI is InChI=1S/C71H138O17P2/c1-9-63(7)49-41-33-25-20-21-26-35-43-51-68(73)81-58-67(88-71(76)54-46-38-30-29-34-42-50-64(8)10-2)60-86-90(79,80)84-56-65(72)55-83-89(77,78)85-59-66(57-82-69(74)52-44-36-28-22-24-32-40-48-62(5)6)87-70(75)53-45-37-27-19-17-15-13-11-12-14-16-18-23-31-39-47-61(3)4/h61-67,72H,9-60H2,1-8H3,(H,77,78)(H,79,80)/t63?,64?,65?,66-,67-/m1/s1. The normalized spacial score (nSPS) is 14.9. The van der Waals surface area contributed by atoms with Gasteiger partial charge in [-0.2, -0.15) is 0 Å². The van der Waals surface area contributed by atoms with Crippen molar-refractivity contribution >= 4 is 39.5 Å². The number of rotatable bonds is 68. The second-order valence-electron chi connectivity index (χ2n) is 27.1. The molecule has 19 heteroatoms. The molecule has 7 atom stereocenters. The number of carbonyl (C=O) groups excluding carboxylic acids is 4. The van der Waals surface area contributed by atoms with E-state index in [1.807, 2.05) is 0 Å². The van der Waals surface area contributed by atoms with E-state index in [1.54, 1.807) is 0 Å². The first-order chi connectivity index (χ1) is 43.2. The van der Waals surface area contributed by atoms with Crippen LogP contribution in [0.4, 0.5) is 0 Å². The van der Waals surface area contributed by atoms with E-state index in [2.05, 4.69) is 55.4 Å². The summed E-state index contributed by atoms with van der Waals surface area (Å²) in [6.07, 6.45) is 43.2. The van der Waals surface area contributed by atoms with E-state index >= 15 is 0 Å². The van der Waals surface area contributed by atoms with Crippen molar-refractivity contribution in [2.75, 3.05) is 39.6 Å². The molecule has 0 aliphatic carbocycles. The zero-order valence-corrected chi connectivity index (χ0v) is 60.6. The van der Waals surface area contributed by atoms with Crippen LogP contribution in [0.15, 0.2) is 0 Å². The maximum absolute atomic E-state index is 13.0. The Hall–Kier alpha value is -1.94. The van der Waals surface area contributed by atoms with E-state index in [9.17, 15) is 43.2 Å². The molecule has 0 spiro atoms. The fourth-order valence-electron chi connectivity index (χ4n) is 10.6. The fourth-order valence-corrected chi connectivity index (χ4v) is 12.2. The minimum Gasteiger partial charge on any atom is -0.462 e. The number of ether oxygens (including phenoxy) is 4. The van der Waals surface area contributed by atoms with Crippen LogP contribution in [0.2, 0.25) is 0 Å². The Labute approximate surface area is 549 Å². The van der Waals surface area contributed by atoms with Crippen LogP contribution in [-0.4, -0.2) is 96.7 Å². The van der Waals surface area contributed by atoms with Crippen LogP contribution in [0, 0.1) is 23.7 Å². The summed E-state index contributed by atoms with van der Waals surface area (Å²) < 4.78 is 68.3. The summed E-state index contributed by atoms with van der Waals surface area (Å²) >= 11 is 0. The summed E-state index contributed by atoms with van der Waals surface area (Å²) in [6.45, 7) is 14.1. The summed E-state index contributed by atoms with van der Waals surface area (Å²) in [5, 5.41) is 10.6. The molecule has 0 bridgehead atoms. The van der Waals surface area contributed by atoms with Crippen molar-refractivity contribution in [1.29, 1.82) is 0 Å².